The zero-order valence-electron chi connectivity index (χ0n) is 20.8. The van der Waals surface area contributed by atoms with Gasteiger partial charge in [0, 0.05) is 0 Å². The third-order valence-corrected chi connectivity index (χ3v) is 6.37. The van der Waals surface area contributed by atoms with E-state index in [0.29, 0.717) is 0 Å². The molecular formula is C29H58. The van der Waals surface area contributed by atoms with Crippen molar-refractivity contribution < 1.29 is 0 Å². The smallest absolute Gasteiger partial charge is 0.0351 e. The Balaban J connectivity index is 3.01. The number of rotatable bonds is 25. The van der Waals surface area contributed by atoms with Crippen molar-refractivity contribution in [1.82, 2.24) is 0 Å². The number of hydrogen-bond acceptors (Lipinski definition) is 0. The molecule has 0 N–H and O–H groups in total. The molecule has 0 amide bonds. The summed E-state index contributed by atoms with van der Waals surface area (Å²) in [6.45, 7) is 4.57. The van der Waals surface area contributed by atoms with Crippen LogP contribution in [0.5, 0.6) is 0 Å². The molecule has 174 valence electrons. The molecule has 0 spiro atoms. The quantitative estimate of drug-likeness (QED) is 0.104. The van der Waals surface area contributed by atoms with Gasteiger partial charge >= 0.3 is 0 Å². The molecular weight excluding hydrogens is 348 g/mol. The summed E-state index contributed by atoms with van der Waals surface area (Å²) in [5.74, 6) is 0. The Morgan fingerprint density at radius 2 is 0.517 bits per heavy atom. The van der Waals surface area contributed by atoms with E-state index >= 15 is 0 Å². The maximum absolute atomic E-state index is 2.41. The van der Waals surface area contributed by atoms with Crippen molar-refractivity contribution in [3.63, 3.8) is 0 Å². The van der Waals surface area contributed by atoms with E-state index in [1.165, 1.54) is 161 Å². The fourth-order valence-electron chi connectivity index (χ4n) is 4.25. The van der Waals surface area contributed by atoms with Crippen molar-refractivity contribution in [2.75, 3.05) is 0 Å². The molecule has 0 saturated heterocycles. The summed E-state index contributed by atoms with van der Waals surface area (Å²) >= 11 is 0. The van der Waals surface area contributed by atoms with Crippen LogP contribution in [-0.4, -0.2) is 0 Å². The van der Waals surface area contributed by atoms with Gasteiger partial charge in [0.25, 0.3) is 0 Å². The van der Waals surface area contributed by atoms with Crippen molar-refractivity contribution in [2.45, 2.75) is 174 Å². The summed E-state index contributed by atoms with van der Waals surface area (Å²) in [6.07, 6.45) is 40.9. The Bertz CT molecular complexity index is 290. The van der Waals surface area contributed by atoms with Crippen LogP contribution < -0.4 is 0 Å². The van der Waals surface area contributed by atoms with Gasteiger partial charge in [0.1, 0.15) is 0 Å². The van der Waals surface area contributed by atoms with E-state index in [9.17, 15) is 0 Å². The van der Waals surface area contributed by atoms with Crippen LogP contribution in [0.2, 0.25) is 0 Å². The van der Waals surface area contributed by atoms with Crippen molar-refractivity contribution in [2.24, 2.45) is 0 Å². The normalized spacial score (nSPS) is 11.7. The van der Waals surface area contributed by atoms with E-state index in [1.807, 2.05) is 0 Å². The Hall–Kier alpha value is -0.260. The Morgan fingerprint density at radius 3 is 0.828 bits per heavy atom. The van der Waals surface area contributed by atoms with Gasteiger partial charge < -0.3 is 0 Å². The number of hydrogen-bond donors (Lipinski definition) is 0. The second kappa shape index (κ2) is 27.7. The summed E-state index contributed by atoms with van der Waals surface area (Å²) in [7, 11) is 0. The molecule has 0 aromatic rings. The highest BCUT2D eigenvalue weighted by Crippen LogP contribution is 2.15. The highest BCUT2D eigenvalue weighted by Gasteiger charge is 1.95. The minimum atomic E-state index is 1.29. The Kier molecular flexibility index (Phi) is 27.5. The molecule has 0 nitrogen and oxygen atoms in total. The largest absolute Gasteiger partial charge is 0.0885 e. The maximum atomic E-state index is 2.41. The third kappa shape index (κ3) is 27.7. The lowest BCUT2D eigenvalue weighted by molar-refractivity contribution is 0.520. The minimum Gasteiger partial charge on any atom is -0.0885 e. The van der Waals surface area contributed by atoms with Gasteiger partial charge in [-0.15, -0.1) is 0 Å². The molecule has 0 rings (SSSR count). The van der Waals surface area contributed by atoms with Crippen LogP contribution in [0.4, 0.5) is 0 Å². The van der Waals surface area contributed by atoms with Gasteiger partial charge in [0.2, 0.25) is 0 Å². The van der Waals surface area contributed by atoms with Gasteiger partial charge in [-0.1, -0.05) is 167 Å². The molecule has 0 atom stereocenters. The zero-order chi connectivity index (χ0) is 21.1. The molecule has 29 heavy (non-hydrogen) atoms. The minimum absolute atomic E-state index is 1.29. The first-order valence-electron chi connectivity index (χ1n) is 14.1. The van der Waals surface area contributed by atoms with Crippen LogP contribution in [0.3, 0.4) is 0 Å². The van der Waals surface area contributed by atoms with E-state index in [0.717, 1.165) is 0 Å². The van der Waals surface area contributed by atoms with Gasteiger partial charge in [-0.2, -0.15) is 0 Å². The molecule has 0 fully saturated rings. The fraction of sp³-hybridized carbons (Fsp3) is 0.931. The third-order valence-electron chi connectivity index (χ3n) is 6.37. The molecule has 0 bridgehead atoms. The first-order valence-corrected chi connectivity index (χ1v) is 14.1. The zero-order valence-corrected chi connectivity index (χ0v) is 20.8. The molecule has 0 saturated carbocycles. The van der Waals surface area contributed by atoms with Crippen molar-refractivity contribution in [1.29, 1.82) is 0 Å². The highest BCUT2D eigenvalue weighted by atomic mass is 14.0. The summed E-state index contributed by atoms with van der Waals surface area (Å²) < 4.78 is 0. The van der Waals surface area contributed by atoms with Crippen molar-refractivity contribution in [3.05, 3.63) is 12.2 Å². The Labute approximate surface area is 186 Å². The standard InChI is InChI=1S/C29H58/c1-3-5-7-9-11-13-15-17-19-21-23-25-27-29-28-26-24-22-20-18-16-14-12-10-8-6-4-2/h9,11H,3-8,10,12-29H2,1-2H3/b11-9-. The van der Waals surface area contributed by atoms with Gasteiger partial charge in [-0.25, -0.2) is 0 Å². The highest BCUT2D eigenvalue weighted by molar-refractivity contribution is 4.81. The first-order chi connectivity index (χ1) is 14.4. The molecule has 0 unspecified atom stereocenters. The van der Waals surface area contributed by atoms with Crippen molar-refractivity contribution in [3.8, 4) is 0 Å². The topological polar surface area (TPSA) is 0 Å². The number of allylic oxidation sites excluding steroid dienone is 2. The van der Waals surface area contributed by atoms with E-state index in [4.69, 9.17) is 0 Å². The second-order valence-corrected chi connectivity index (χ2v) is 9.47. The first kappa shape index (κ1) is 28.7. The SMILES string of the molecule is CCCC/C=C\CCCCCCCCCCCCCCCCCCCCCCC. The second-order valence-electron chi connectivity index (χ2n) is 9.47. The summed E-state index contributed by atoms with van der Waals surface area (Å²) in [4.78, 5) is 0. The van der Waals surface area contributed by atoms with Crippen molar-refractivity contribution >= 4 is 0 Å². The van der Waals surface area contributed by atoms with Crippen LogP contribution in [0.1, 0.15) is 174 Å². The van der Waals surface area contributed by atoms with Gasteiger partial charge in [-0.05, 0) is 19.3 Å². The molecule has 0 aliphatic rings. The van der Waals surface area contributed by atoms with E-state index in [1.54, 1.807) is 0 Å². The van der Waals surface area contributed by atoms with Crippen LogP contribution >= 0.6 is 0 Å². The van der Waals surface area contributed by atoms with Crippen LogP contribution in [-0.2, 0) is 0 Å². The predicted octanol–water partition coefficient (Wildman–Crippen LogP) is 11.3. The lowest BCUT2D eigenvalue weighted by Gasteiger charge is -2.04. The van der Waals surface area contributed by atoms with Gasteiger partial charge in [0.15, 0.2) is 0 Å². The Morgan fingerprint density at radius 1 is 0.276 bits per heavy atom. The molecule has 0 radical (unpaired) electrons. The maximum Gasteiger partial charge on any atom is -0.0351 e. The lowest BCUT2D eigenvalue weighted by atomic mass is 10.0. The predicted molar refractivity (Wildman–Crippen MR) is 136 cm³/mol. The summed E-state index contributed by atoms with van der Waals surface area (Å²) in [6, 6.07) is 0. The van der Waals surface area contributed by atoms with E-state index < -0.39 is 0 Å². The molecule has 0 aromatic carbocycles. The molecule has 0 heterocycles. The van der Waals surface area contributed by atoms with Crippen LogP contribution in [0, 0.1) is 0 Å². The molecule has 0 aromatic heterocycles. The van der Waals surface area contributed by atoms with E-state index in [-0.39, 0.29) is 0 Å². The monoisotopic (exact) mass is 406 g/mol. The van der Waals surface area contributed by atoms with Gasteiger partial charge in [0.05, 0.1) is 0 Å². The number of unbranched alkanes of at least 4 members (excludes halogenated alkanes) is 23. The lowest BCUT2D eigenvalue weighted by Crippen LogP contribution is -1.84. The molecule has 0 aliphatic heterocycles. The summed E-state index contributed by atoms with van der Waals surface area (Å²) in [5, 5.41) is 0. The average molecular weight is 407 g/mol. The summed E-state index contributed by atoms with van der Waals surface area (Å²) in [5.41, 5.74) is 0. The molecule has 0 heteroatoms. The average Bonchev–Trinajstić information content (AvgIpc) is 2.74. The van der Waals surface area contributed by atoms with E-state index in [2.05, 4.69) is 26.0 Å². The van der Waals surface area contributed by atoms with Crippen LogP contribution in [0.15, 0.2) is 12.2 Å². The molecule has 0 aliphatic carbocycles. The van der Waals surface area contributed by atoms with Gasteiger partial charge in [-0.3, -0.25) is 0 Å². The fourth-order valence-corrected chi connectivity index (χ4v) is 4.25. The van der Waals surface area contributed by atoms with Crippen LogP contribution in [0.25, 0.3) is 0 Å².